The summed E-state index contributed by atoms with van der Waals surface area (Å²) in [5.41, 5.74) is -1.37. The number of hydrogen-bond acceptors (Lipinski definition) is 6. The quantitative estimate of drug-likeness (QED) is 0.589. The lowest BCUT2D eigenvalue weighted by molar-refractivity contribution is -0.386. The van der Waals surface area contributed by atoms with Gasteiger partial charge in [-0.25, -0.2) is 9.48 Å². The third kappa shape index (κ3) is 2.85. The second-order valence-corrected chi connectivity index (χ2v) is 3.86. The van der Waals surface area contributed by atoms with Crippen molar-refractivity contribution in [1.29, 1.82) is 0 Å². The van der Waals surface area contributed by atoms with Gasteiger partial charge in [0, 0.05) is 18.8 Å². The minimum atomic E-state index is -1.18. The predicted octanol–water partition coefficient (Wildman–Crippen LogP) is -0.254. The largest absolute Gasteiger partial charge is 0.476 e. The standard InChI is InChI=1S/C10H9N5O5/c16-9-1-2-13(6-8(9)15(19)20)3-4-14-5-7(10(17)18)11-12-14/h1-2,5-6H,3-4H2,(H,17,18). The summed E-state index contributed by atoms with van der Waals surface area (Å²) in [5.74, 6) is -1.18. The van der Waals surface area contributed by atoms with Crippen molar-refractivity contribution in [2.24, 2.45) is 0 Å². The van der Waals surface area contributed by atoms with Gasteiger partial charge in [0.25, 0.3) is 5.43 Å². The molecule has 0 unspecified atom stereocenters. The van der Waals surface area contributed by atoms with Gasteiger partial charge < -0.3 is 9.67 Å². The van der Waals surface area contributed by atoms with Crippen LogP contribution in [0.3, 0.4) is 0 Å². The second-order valence-electron chi connectivity index (χ2n) is 3.86. The van der Waals surface area contributed by atoms with E-state index in [1.54, 1.807) is 0 Å². The Hall–Kier alpha value is -3.04. The first-order valence-electron chi connectivity index (χ1n) is 5.45. The van der Waals surface area contributed by atoms with Gasteiger partial charge in [0.15, 0.2) is 5.69 Å². The maximum absolute atomic E-state index is 11.2. The molecule has 0 spiro atoms. The zero-order valence-electron chi connectivity index (χ0n) is 10.0. The lowest BCUT2D eigenvalue weighted by Gasteiger charge is -2.05. The first-order valence-corrected chi connectivity index (χ1v) is 5.45. The summed E-state index contributed by atoms with van der Waals surface area (Å²) in [4.78, 5) is 31.7. The zero-order chi connectivity index (χ0) is 14.7. The van der Waals surface area contributed by atoms with Crippen LogP contribution < -0.4 is 5.43 Å². The van der Waals surface area contributed by atoms with Crippen LogP contribution in [0.5, 0.6) is 0 Å². The highest BCUT2D eigenvalue weighted by Crippen LogP contribution is 2.03. The van der Waals surface area contributed by atoms with Crippen molar-refractivity contribution in [1.82, 2.24) is 19.6 Å². The normalized spacial score (nSPS) is 10.4. The maximum Gasteiger partial charge on any atom is 0.358 e. The molecule has 0 bridgehead atoms. The van der Waals surface area contributed by atoms with Gasteiger partial charge in [-0.15, -0.1) is 5.10 Å². The van der Waals surface area contributed by atoms with Crippen molar-refractivity contribution >= 4 is 11.7 Å². The Morgan fingerprint density at radius 1 is 1.40 bits per heavy atom. The van der Waals surface area contributed by atoms with Crippen molar-refractivity contribution in [3.8, 4) is 0 Å². The lowest BCUT2D eigenvalue weighted by atomic mass is 10.4. The Kier molecular flexibility index (Phi) is 3.55. The number of rotatable bonds is 5. The predicted molar refractivity (Wildman–Crippen MR) is 64.3 cm³/mol. The molecule has 0 aliphatic carbocycles. The van der Waals surface area contributed by atoms with Crippen LogP contribution in [0, 0.1) is 10.1 Å². The molecule has 10 heteroatoms. The zero-order valence-corrected chi connectivity index (χ0v) is 10.0. The molecule has 0 amide bonds. The monoisotopic (exact) mass is 279 g/mol. The Morgan fingerprint density at radius 2 is 2.15 bits per heavy atom. The molecule has 1 N–H and O–H groups in total. The molecule has 0 aliphatic rings. The lowest BCUT2D eigenvalue weighted by Crippen LogP contribution is -2.13. The number of pyridine rings is 1. The molecule has 20 heavy (non-hydrogen) atoms. The molecule has 10 nitrogen and oxygen atoms in total. The number of nitro groups is 1. The molecule has 2 aromatic rings. The molecular formula is C10H9N5O5. The molecule has 104 valence electrons. The third-order valence-electron chi connectivity index (χ3n) is 2.50. The summed E-state index contributed by atoms with van der Waals surface area (Å²) in [6.45, 7) is 0.545. The third-order valence-corrected chi connectivity index (χ3v) is 2.50. The van der Waals surface area contributed by atoms with E-state index < -0.39 is 22.0 Å². The van der Waals surface area contributed by atoms with Crippen LogP contribution in [0.4, 0.5) is 5.69 Å². The summed E-state index contributed by atoms with van der Waals surface area (Å²) in [5, 5.41) is 26.3. The van der Waals surface area contributed by atoms with Crippen LogP contribution in [-0.2, 0) is 13.1 Å². The molecule has 0 fully saturated rings. The highest BCUT2D eigenvalue weighted by molar-refractivity contribution is 5.84. The number of aromatic nitrogens is 4. The molecule has 2 rings (SSSR count). The number of aromatic carboxylic acids is 1. The van der Waals surface area contributed by atoms with E-state index >= 15 is 0 Å². The van der Waals surface area contributed by atoms with Crippen molar-refractivity contribution < 1.29 is 14.8 Å². The first-order chi connectivity index (χ1) is 9.47. The summed E-state index contributed by atoms with van der Waals surface area (Å²) < 4.78 is 2.75. The average Bonchev–Trinajstić information content (AvgIpc) is 2.86. The SMILES string of the molecule is O=C(O)c1cn(CCn2ccc(=O)c([N+](=O)[O-])c2)nn1. The molecular weight excluding hydrogens is 270 g/mol. The number of carboxylic acids is 1. The van der Waals surface area contributed by atoms with E-state index in [-0.39, 0.29) is 18.8 Å². The van der Waals surface area contributed by atoms with Gasteiger partial charge in [-0.3, -0.25) is 14.9 Å². The van der Waals surface area contributed by atoms with Crippen LogP contribution >= 0.6 is 0 Å². The van der Waals surface area contributed by atoms with E-state index in [2.05, 4.69) is 10.3 Å². The molecule has 2 aromatic heterocycles. The maximum atomic E-state index is 11.2. The Morgan fingerprint density at radius 3 is 2.75 bits per heavy atom. The Bertz CT molecular complexity index is 719. The van der Waals surface area contributed by atoms with Crippen LogP contribution in [0.15, 0.2) is 29.5 Å². The summed E-state index contributed by atoms with van der Waals surface area (Å²) in [6, 6.07) is 1.10. The fraction of sp³-hybridized carbons (Fsp3) is 0.200. The van der Waals surface area contributed by atoms with Gasteiger partial charge in [0.05, 0.1) is 23.9 Å². The highest BCUT2D eigenvalue weighted by atomic mass is 16.6. The number of carbonyl (C=O) groups is 1. The van der Waals surface area contributed by atoms with Gasteiger partial charge in [0.2, 0.25) is 0 Å². The minimum absolute atomic E-state index is 0.184. The first kappa shape index (κ1) is 13.4. The van der Waals surface area contributed by atoms with Crippen molar-refractivity contribution in [3.63, 3.8) is 0 Å². The highest BCUT2D eigenvalue weighted by Gasteiger charge is 2.12. The van der Waals surface area contributed by atoms with Crippen LogP contribution in [0.2, 0.25) is 0 Å². The minimum Gasteiger partial charge on any atom is -0.476 e. The Labute approximate surface area is 111 Å². The van der Waals surface area contributed by atoms with Crippen molar-refractivity contribution in [3.05, 3.63) is 50.7 Å². The van der Waals surface area contributed by atoms with Crippen LogP contribution in [0.1, 0.15) is 10.5 Å². The van der Waals surface area contributed by atoms with Gasteiger partial charge in [-0.05, 0) is 0 Å². The number of nitrogens with zero attached hydrogens (tertiary/aromatic N) is 5. The van der Waals surface area contributed by atoms with Crippen LogP contribution in [-0.4, -0.2) is 35.6 Å². The van der Waals surface area contributed by atoms with Crippen molar-refractivity contribution in [2.75, 3.05) is 0 Å². The van der Waals surface area contributed by atoms with E-state index in [9.17, 15) is 19.7 Å². The van der Waals surface area contributed by atoms with E-state index in [0.29, 0.717) is 0 Å². The van der Waals surface area contributed by atoms with Crippen molar-refractivity contribution in [2.45, 2.75) is 13.1 Å². The van der Waals surface area contributed by atoms with E-state index in [0.717, 1.165) is 12.3 Å². The van der Waals surface area contributed by atoms with Gasteiger partial charge in [-0.2, -0.15) is 0 Å². The fourth-order valence-electron chi connectivity index (χ4n) is 1.51. The molecule has 0 aromatic carbocycles. The van der Waals surface area contributed by atoms with Gasteiger partial charge in [0.1, 0.15) is 0 Å². The second kappa shape index (κ2) is 5.30. The molecule has 0 atom stereocenters. The number of hydrogen-bond donors (Lipinski definition) is 1. The fourth-order valence-corrected chi connectivity index (χ4v) is 1.51. The topological polar surface area (TPSA) is 133 Å². The number of carboxylic acid groups (broad SMARTS) is 1. The number of aryl methyl sites for hydroxylation is 2. The molecule has 0 radical (unpaired) electrons. The molecule has 0 saturated carbocycles. The van der Waals surface area contributed by atoms with Crippen LogP contribution in [0.25, 0.3) is 0 Å². The van der Waals surface area contributed by atoms with Gasteiger partial charge >= 0.3 is 11.7 Å². The summed E-state index contributed by atoms with van der Waals surface area (Å²) in [7, 11) is 0. The molecule has 0 aliphatic heterocycles. The molecule has 0 saturated heterocycles. The summed E-state index contributed by atoms with van der Waals surface area (Å²) >= 11 is 0. The smallest absolute Gasteiger partial charge is 0.358 e. The molecule has 2 heterocycles. The van der Waals surface area contributed by atoms with Gasteiger partial charge in [-0.1, -0.05) is 5.21 Å². The van der Waals surface area contributed by atoms with E-state index in [1.165, 1.54) is 21.6 Å². The van der Waals surface area contributed by atoms with E-state index in [1.807, 2.05) is 0 Å². The summed E-state index contributed by atoms with van der Waals surface area (Å²) in [6.07, 6.45) is 3.78. The Balaban J connectivity index is 2.10. The average molecular weight is 279 g/mol. The van der Waals surface area contributed by atoms with E-state index in [4.69, 9.17) is 5.11 Å².